The molecule has 0 aliphatic rings. The van der Waals surface area contributed by atoms with Crippen LogP contribution in [0.25, 0.3) is 0 Å². The summed E-state index contributed by atoms with van der Waals surface area (Å²) in [6.45, 7) is 6.37. The maximum Gasteiger partial charge on any atom is 0.255 e. The van der Waals surface area contributed by atoms with Crippen LogP contribution in [0.3, 0.4) is 0 Å². The molecule has 0 aliphatic carbocycles. The molecule has 0 bridgehead atoms. The van der Waals surface area contributed by atoms with Crippen molar-refractivity contribution in [2.45, 2.75) is 26.8 Å². The normalized spacial score (nSPS) is 12.3. The van der Waals surface area contributed by atoms with Gasteiger partial charge in [0.05, 0.1) is 5.56 Å². The molecule has 18 heavy (non-hydrogen) atoms. The average molecular weight is 249 g/mol. The summed E-state index contributed by atoms with van der Waals surface area (Å²) < 4.78 is 0. The minimum absolute atomic E-state index is 0.0199. The van der Waals surface area contributed by atoms with Gasteiger partial charge in [-0.3, -0.25) is 4.79 Å². The van der Waals surface area contributed by atoms with Crippen LogP contribution in [0.15, 0.2) is 18.2 Å². The number of rotatable bonds is 4. The quantitative estimate of drug-likeness (QED) is 0.806. The van der Waals surface area contributed by atoms with E-state index in [1.54, 1.807) is 31.1 Å². The van der Waals surface area contributed by atoms with Crippen molar-refractivity contribution in [1.29, 1.82) is 0 Å². The highest BCUT2D eigenvalue weighted by molar-refractivity contribution is 6.00. The summed E-state index contributed by atoms with van der Waals surface area (Å²) in [6.07, 6.45) is 0. The molecule has 1 atom stereocenters. The van der Waals surface area contributed by atoms with Gasteiger partial charge in [-0.1, -0.05) is 13.8 Å². The first-order valence-electron chi connectivity index (χ1n) is 6.20. The fourth-order valence-corrected chi connectivity index (χ4v) is 1.52. The van der Waals surface area contributed by atoms with Crippen LogP contribution >= 0.6 is 0 Å². The number of hydrogen-bond acceptors (Lipinski definition) is 3. The first kappa shape index (κ1) is 14.4. The Morgan fingerprint density at radius 1 is 1.28 bits per heavy atom. The Morgan fingerprint density at radius 2 is 1.89 bits per heavy atom. The molecular formula is C14H23N3O. The van der Waals surface area contributed by atoms with E-state index in [9.17, 15) is 4.79 Å². The fraction of sp³-hybridized carbons (Fsp3) is 0.500. The second-order valence-corrected chi connectivity index (χ2v) is 5.18. The van der Waals surface area contributed by atoms with Gasteiger partial charge in [-0.25, -0.2) is 0 Å². The molecule has 0 spiro atoms. The molecule has 1 aromatic carbocycles. The summed E-state index contributed by atoms with van der Waals surface area (Å²) in [4.78, 5) is 13.6. The third-order valence-electron chi connectivity index (χ3n) is 3.06. The van der Waals surface area contributed by atoms with Crippen molar-refractivity contribution < 1.29 is 4.79 Å². The van der Waals surface area contributed by atoms with Gasteiger partial charge in [0, 0.05) is 31.5 Å². The largest absolute Gasteiger partial charge is 0.399 e. The van der Waals surface area contributed by atoms with Gasteiger partial charge in [-0.05, 0) is 31.0 Å². The molecule has 1 unspecified atom stereocenters. The first-order valence-corrected chi connectivity index (χ1v) is 6.20. The Kier molecular flexibility index (Phi) is 4.59. The lowest BCUT2D eigenvalue weighted by molar-refractivity contribution is 0.0828. The fourth-order valence-electron chi connectivity index (χ4n) is 1.52. The van der Waals surface area contributed by atoms with Crippen LogP contribution in [-0.2, 0) is 0 Å². The number of nitrogens with two attached hydrogens (primary N) is 1. The Bertz CT molecular complexity index is 427. The monoisotopic (exact) mass is 249 g/mol. The Hall–Kier alpha value is -1.71. The van der Waals surface area contributed by atoms with Crippen LogP contribution in [0.4, 0.5) is 11.4 Å². The van der Waals surface area contributed by atoms with Gasteiger partial charge < -0.3 is 16.0 Å². The number of anilines is 2. The molecule has 0 heterocycles. The van der Waals surface area contributed by atoms with Crippen molar-refractivity contribution in [1.82, 2.24) is 4.90 Å². The zero-order valence-electron chi connectivity index (χ0n) is 11.8. The van der Waals surface area contributed by atoms with Gasteiger partial charge >= 0.3 is 0 Å². The first-order chi connectivity index (χ1) is 8.32. The van der Waals surface area contributed by atoms with Crippen molar-refractivity contribution in [3.05, 3.63) is 23.8 Å². The molecule has 0 aliphatic heterocycles. The van der Waals surface area contributed by atoms with Crippen LogP contribution in [-0.4, -0.2) is 30.9 Å². The Labute approximate surface area is 109 Å². The predicted molar refractivity (Wildman–Crippen MR) is 76.8 cm³/mol. The zero-order chi connectivity index (χ0) is 13.9. The lowest BCUT2D eigenvalue weighted by Gasteiger charge is -2.22. The van der Waals surface area contributed by atoms with E-state index in [0.717, 1.165) is 5.69 Å². The van der Waals surface area contributed by atoms with E-state index in [1.807, 2.05) is 6.07 Å². The van der Waals surface area contributed by atoms with Crippen molar-refractivity contribution in [2.24, 2.45) is 5.92 Å². The number of hydrogen-bond donors (Lipinski definition) is 2. The standard InChI is InChI=1S/C14H23N3O/c1-9(2)10(3)16-13-8-11(15)6-7-12(13)14(18)17(4)5/h6-10,16H,15H2,1-5H3. The molecule has 1 aromatic rings. The van der Waals surface area contributed by atoms with Gasteiger partial charge in [0.2, 0.25) is 0 Å². The molecule has 0 aromatic heterocycles. The predicted octanol–water partition coefficient (Wildman–Crippen LogP) is 2.43. The lowest BCUT2D eigenvalue weighted by atomic mass is 10.0. The summed E-state index contributed by atoms with van der Waals surface area (Å²) in [5.74, 6) is 0.460. The Balaban J connectivity index is 3.08. The second kappa shape index (κ2) is 5.76. The molecule has 4 nitrogen and oxygen atoms in total. The van der Waals surface area contributed by atoms with Crippen LogP contribution in [0, 0.1) is 5.92 Å². The summed E-state index contributed by atoms with van der Waals surface area (Å²) in [5, 5.41) is 3.36. The number of carbonyl (C=O) groups is 1. The summed E-state index contributed by atoms with van der Waals surface area (Å²) in [5.41, 5.74) is 7.90. The van der Waals surface area contributed by atoms with E-state index in [1.165, 1.54) is 0 Å². The molecular weight excluding hydrogens is 226 g/mol. The van der Waals surface area contributed by atoms with E-state index in [2.05, 4.69) is 26.1 Å². The topological polar surface area (TPSA) is 58.4 Å². The van der Waals surface area contributed by atoms with Crippen LogP contribution < -0.4 is 11.1 Å². The summed E-state index contributed by atoms with van der Waals surface area (Å²) in [7, 11) is 3.49. The molecule has 1 amide bonds. The summed E-state index contributed by atoms with van der Waals surface area (Å²) >= 11 is 0. The Morgan fingerprint density at radius 3 is 2.39 bits per heavy atom. The number of nitrogens with one attached hydrogen (secondary N) is 1. The molecule has 0 saturated carbocycles. The van der Waals surface area contributed by atoms with Crippen LogP contribution in [0.2, 0.25) is 0 Å². The van der Waals surface area contributed by atoms with E-state index < -0.39 is 0 Å². The zero-order valence-corrected chi connectivity index (χ0v) is 11.8. The third kappa shape index (κ3) is 3.39. The molecule has 1 rings (SSSR count). The average Bonchev–Trinajstić information content (AvgIpc) is 2.28. The number of carbonyl (C=O) groups excluding carboxylic acids is 1. The highest BCUT2D eigenvalue weighted by Gasteiger charge is 2.16. The van der Waals surface area contributed by atoms with Crippen LogP contribution in [0.1, 0.15) is 31.1 Å². The van der Waals surface area contributed by atoms with E-state index in [0.29, 0.717) is 17.2 Å². The number of nitrogens with zero attached hydrogens (tertiary/aromatic N) is 1. The second-order valence-electron chi connectivity index (χ2n) is 5.18. The number of amides is 1. The van der Waals surface area contributed by atoms with Gasteiger partial charge in [-0.15, -0.1) is 0 Å². The maximum absolute atomic E-state index is 12.1. The van der Waals surface area contributed by atoms with E-state index in [-0.39, 0.29) is 11.9 Å². The minimum Gasteiger partial charge on any atom is -0.399 e. The van der Waals surface area contributed by atoms with Crippen molar-refractivity contribution in [3.8, 4) is 0 Å². The molecule has 0 fully saturated rings. The molecule has 4 heteroatoms. The van der Waals surface area contributed by atoms with E-state index in [4.69, 9.17) is 5.73 Å². The van der Waals surface area contributed by atoms with Crippen molar-refractivity contribution in [3.63, 3.8) is 0 Å². The molecule has 0 saturated heterocycles. The smallest absolute Gasteiger partial charge is 0.255 e. The van der Waals surface area contributed by atoms with Crippen LogP contribution in [0.5, 0.6) is 0 Å². The van der Waals surface area contributed by atoms with Crippen molar-refractivity contribution in [2.75, 3.05) is 25.1 Å². The molecule has 0 radical (unpaired) electrons. The molecule has 3 N–H and O–H groups in total. The summed E-state index contributed by atoms with van der Waals surface area (Å²) in [6, 6.07) is 5.62. The third-order valence-corrected chi connectivity index (χ3v) is 3.06. The van der Waals surface area contributed by atoms with Gasteiger partial charge in [-0.2, -0.15) is 0 Å². The maximum atomic E-state index is 12.1. The van der Waals surface area contributed by atoms with Gasteiger partial charge in [0.1, 0.15) is 0 Å². The van der Waals surface area contributed by atoms with E-state index >= 15 is 0 Å². The van der Waals surface area contributed by atoms with Crippen molar-refractivity contribution >= 4 is 17.3 Å². The highest BCUT2D eigenvalue weighted by Crippen LogP contribution is 2.22. The highest BCUT2D eigenvalue weighted by atomic mass is 16.2. The minimum atomic E-state index is -0.0199. The lowest BCUT2D eigenvalue weighted by Crippen LogP contribution is -2.26. The van der Waals surface area contributed by atoms with Gasteiger partial charge in [0.25, 0.3) is 5.91 Å². The molecule has 100 valence electrons. The number of nitrogen functional groups attached to an aromatic ring is 1. The SMILES string of the molecule is CC(C)C(C)Nc1cc(N)ccc1C(=O)N(C)C. The number of benzene rings is 1. The van der Waals surface area contributed by atoms with Gasteiger partial charge in [0.15, 0.2) is 0 Å².